The molecule has 0 aromatic carbocycles. The van der Waals surface area contributed by atoms with Crippen LogP contribution in [0.4, 0.5) is 0 Å². The monoisotopic (exact) mass is 265 g/mol. The number of hydrogen-bond acceptors (Lipinski definition) is 3. The molecule has 1 heterocycles. The van der Waals surface area contributed by atoms with Crippen LogP contribution >= 0.6 is 11.6 Å². The Morgan fingerprint density at radius 3 is 2.11 bits per heavy atom. The Hall–Kier alpha value is -1.16. The predicted octanol–water partition coefficient (Wildman–Crippen LogP) is 0.805. The molecule has 0 aromatic rings. The van der Waals surface area contributed by atoms with E-state index in [-0.39, 0.29) is 42.0 Å². The smallest absolute Gasteiger partial charge is 0.241 e. The molecule has 0 unspecified atom stereocenters. The van der Waals surface area contributed by atoms with E-state index in [0.717, 1.165) is 11.3 Å². The first-order valence-corrected chi connectivity index (χ1v) is 6.69. The van der Waals surface area contributed by atoms with Gasteiger partial charge in [0.2, 0.25) is 17.1 Å². The molecule has 5 rings (SSSR count). The number of carbonyl (C=O) groups excluding carboxylic acids is 3. The van der Waals surface area contributed by atoms with Gasteiger partial charge in [-0.25, -0.2) is 0 Å². The van der Waals surface area contributed by atoms with Crippen LogP contribution in [0.1, 0.15) is 6.42 Å². The van der Waals surface area contributed by atoms with Gasteiger partial charge in [0, 0.05) is 0 Å². The highest BCUT2D eigenvalue weighted by atomic mass is 35.5. The van der Waals surface area contributed by atoms with Crippen molar-refractivity contribution in [2.45, 2.75) is 6.42 Å². The van der Waals surface area contributed by atoms with Gasteiger partial charge in [0.25, 0.3) is 0 Å². The minimum atomic E-state index is -0.652. The number of imide groups is 1. The Balaban J connectivity index is 1.72. The molecule has 4 aliphatic carbocycles. The second-order valence-corrected chi connectivity index (χ2v) is 6.19. The van der Waals surface area contributed by atoms with Crippen LogP contribution in [0.5, 0.6) is 0 Å². The van der Waals surface area contributed by atoms with Gasteiger partial charge in [0.15, 0.2) is 0 Å². The SMILES string of the molecule is O=C(Cl)CN1C(=O)[C@@H]2[C@H]3C=C[C@@H]([C@@H]4C[C@@H]34)[C@H]2C1=O. The second kappa shape index (κ2) is 3.23. The predicted molar refractivity (Wildman–Crippen MR) is 62.3 cm³/mol. The highest BCUT2D eigenvalue weighted by Crippen LogP contribution is 2.65. The molecule has 0 radical (unpaired) electrons. The number of likely N-dealkylation sites (tertiary alicyclic amines) is 1. The standard InChI is InChI=1S/C13H12ClNO3/c14-9(16)4-15-12(17)10-5-1-2-6(8-3-7(5)8)11(10)13(15)18/h1-2,5-8,10-11H,3-4H2/t5-,6-,7-,8-,10+,11+/m0/s1. The summed E-state index contributed by atoms with van der Waals surface area (Å²) in [5.41, 5.74) is 0. The summed E-state index contributed by atoms with van der Waals surface area (Å²) in [5, 5.41) is -0.652. The van der Waals surface area contributed by atoms with Crippen molar-refractivity contribution in [1.29, 1.82) is 0 Å². The molecule has 6 atom stereocenters. The lowest BCUT2D eigenvalue weighted by Crippen LogP contribution is -2.40. The van der Waals surface area contributed by atoms with Crippen molar-refractivity contribution >= 4 is 28.7 Å². The molecule has 18 heavy (non-hydrogen) atoms. The minimum absolute atomic E-state index is 0.191. The summed E-state index contributed by atoms with van der Waals surface area (Å²) in [6, 6.07) is 0. The quantitative estimate of drug-likeness (QED) is 0.422. The number of rotatable bonds is 2. The highest BCUT2D eigenvalue weighted by Gasteiger charge is 2.66. The van der Waals surface area contributed by atoms with Crippen LogP contribution in [0.25, 0.3) is 0 Å². The van der Waals surface area contributed by atoms with Crippen molar-refractivity contribution in [1.82, 2.24) is 4.90 Å². The summed E-state index contributed by atoms with van der Waals surface area (Å²) >= 11 is 5.31. The summed E-state index contributed by atoms with van der Waals surface area (Å²) in [6.07, 6.45) is 5.36. The van der Waals surface area contributed by atoms with Crippen molar-refractivity contribution in [2.24, 2.45) is 35.5 Å². The van der Waals surface area contributed by atoms with E-state index in [4.69, 9.17) is 11.6 Å². The third-order valence-corrected chi connectivity index (χ3v) is 5.16. The Morgan fingerprint density at radius 1 is 1.17 bits per heavy atom. The number of allylic oxidation sites excluding steroid dienone is 2. The molecule has 1 saturated heterocycles. The fraction of sp³-hybridized carbons (Fsp3) is 0.615. The van der Waals surface area contributed by atoms with Crippen molar-refractivity contribution in [3.05, 3.63) is 12.2 Å². The lowest BCUT2D eigenvalue weighted by molar-refractivity contribution is -0.142. The fourth-order valence-corrected chi connectivity index (χ4v) is 4.42. The van der Waals surface area contributed by atoms with Crippen molar-refractivity contribution in [3.63, 3.8) is 0 Å². The summed E-state index contributed by atoms with van der Waals surface area (Å²) in [5.74, 6) is 0.745. The lowest BCUT2D eigenvalue weighted by atomic mass is 9.63. The molecule has 0 N–H and O–H groups in total. The number of halogens is 1. The molecule has 2 saturated carbocycles. The van der Waals surface area contributed by atoms with E-state index in [1.165, 1.54) is 0 Å². The topological polar surface area (TPSA) is 54.5 Å². The first-order valence-electron chi connectivity index (χ1n) is 6.31. The Kier molecular flexibility index (Phi) is 1.93. The largest absolute Gasteiger partial charge is 0.279 e. The zero-order chi connectivity index (χ0) is 12.6. The van der Waals surface area contributed by atoms with E-state index in [0.29, 0.717) is 11.8 Å². The molecular weight excluding hydrogens is 254 g/mol. The average molecular weight is 266 g/mol. The van der Waals surface area contributed by atoms with Crippen LogP contribution in [0.3, 0.4) is 0 Å². The van der Waals surface area contributed by atoms with E-state index >= 15 is 0 Å². The number of carbonyl (C=O) groups is 3. The summed E-state index contributed by atoms with van der Waals surface area (Å²) in [4.78, 5) is 36.6. The van der Waals surface area contributed by atoms with Gasteiger partial charge in [-0.3, -0.25) is 19.3 Å². The van der Waals surface area contributed by atoms with E-state index in [2.05, 4.69) is 12.2 Å². The third kappa shape index (κ3) is 1.14. The van der Waals surface area contributed by atoms with E-state index in [1.807, 2.05) is 0 Å². The van der Waals surface area contributed by atoms with E-state index in [9.17, 15) is 14.4 Å². The van der Waals surface area contributed by atoms with Crippen LogP contribution in [-0.2, 0) is 14.4 Å². The van der Waals surface area contributed by atoms with Crippen LogP contribution in [0.15, 0.2) is 12.2 Å². The van der Waals surface area contributed by atoms with Gasteiger partial charge in [-0.1, -0.05) is 12.2 Å². The average Bonchev–Trinajstić information content (AvgIpc) is 3.11. The highest BCUT2D eigenvalue weighted by molar-refractivity contribution is 6.64. The molecule has 4 nitrogen and oxygen atoms in total. The molecule has 3 fully saturated rings. The van der Waals surface area contributed by atoms with E-state index in [1.54, 1.807) is 0 Å². The van der Waals surface area contributed by atoms with Gasteiger partial charge in [0.1, 0.15) is 6.54 Å². The fourth-order valence-electron chi connectivity index (χ4n) is 4.30. The van der Waals surface area contributed by atoms with Gasteiger partial charge >= 0.3 is 0 Å². The minimum Gasteiger partial charge on any atom is -0.279 e. The zero-order valence-corrected chi connectivity index (χ0v) is 10.3. The second-order valence-electron chi connectivity index (χ2n) is 5.77. The molecule has 5 aliphatic rings. The molecule has 94 valence electrons. The third-order valence-electron chi connectivity index (χ3n) is 5.04. The maximum atomic E-state index is 12.3. The zero-order valence-electron chi connectivity index (χ0n) is 9.58. The van der Waals surface area contributed by atoms with E-state index < -0.39 is 5.24 Å². The van der Waals surface area contributed by atoms with Crippen molar-refractivity contribution in [3.8, 4) is 0 Å². The van der Waals surface area contributed by atoms with Crippen LogP contribution in [0.2, 0.25) is 0 Å². The number of hydrogen-bond donors (Lipinski definition) is 0. The molecule has 0 aromatic heterocycles. The molecular formula is C13H12ClNO3. The molecule has 1 aliphatic heterocycles. The van der Waals surface area contributed by atoms with Gasteiger partial charge in [-0.2, -0.15) is 0 Å². The van der Waals surface area contributed by atoms with Crippen molar-refractivity contribution in [2.75, 3.05) is 6.54 Å². The first kappa shape index (κ1) is 10.7. The van der Waals surface area contributed by atoms with Crippen LogP contribution < -0.4 is 0 Å². The maximum absolute atomic E-state index is 12.3. The Bertz CT molecular complexity index is 478. The Morgan fingerprint density at radius 2 is 1.67 bits per heavy atom. The van der Waals surface area contributed by atoms with Crippen LogP contribution in [-0.4, -0.2) is 28.5 Å². The number of nitrogens with zero attached hydrogens (tertiary/aromatic N) is 1. The summed E-state index contributed by atoms with van der Waals surface area (Å²) in [7, 11) is 0. The van der Waals surface area contributed by atoms with Gasteiger partial charge in [-0.05, 0) is 41.7 Å². The molecule has 2 amide bonds. The first-order chi connectivity index (χ1) is 8.59. The maximum Gasteiger partial charge on any atom is 0.241 e. The molecule has 0 spiro atoms. The molecule has 5 heteroatoms. The van der Waals surface area contributed by atoms with Crippen molar-refractivity contribution < 1.29 is 14.4 Å². The van der Waals surface area contributed by atoms with Gasteiger partial charge in [0.05, 0.1) is 11.8 Å². The van der Waals surface area contributed by atoms with Gasteiger partial charge in [-0.15, -0.1) is 0 Å². The normalized spacial score (nSPS) is 47.3. The summed E-state index contributed by atoms with van der Waals surface area (Å²) < 4.78 is 0. The van der Waals surface area contributed by atoms with Gasteiger partial charge < -0.3 is 0 Å². The lowest BCUT2D eigenvalue weighted by Gasteiger charge is -2.37. The Labute approximate surface area is 109 Å². The van der Waals surface area contributed by atoms with Crippen LogP contribution in [0, 0.1) is 35.5 Å². The molecule has 2 bridgehead atoms. The number of amides is 2. The summed E-state index contributed by atoms with van der Waals surface area (Å²) in [6.45, 7) is -0.277.